The SMILES string of the molecule is OC1Cn2cccc2Sc2ccccc21. The molecule has 1 aliphatic rings. The van der Waals surface area contributed by atoms with Crippen LogP contribution in [0, 0.1) is 0 Å². The van der Waals surface area contributed by atoms with Crippen molar-refractivity contribution < 1.29 is 5.11 Å². The van der Waals surface area contributed by atoms with Gasteiger partial charge in [-0.25, -0.2) is 0 Å². The normalized spacial score (nSPS) is 19.1. The summed E-state index contributed by atoms with van der Waals surface area (Å²) in [5.41, 5.74) is 1.03. The van der Waals surface area contributed by atoms with Crippen LogP contribution in [0.5, 0.6) is 0 Å². The Kier molecular flexibility index (Phi) is 2.08. The molecule has 0 aliphatic carbocycles. The van der Waals surface area contributed by atoms with Gasteiger partial charge in [0.1, 0.15) is 0 Å². The van der Waals surface area contributed by atoms with E-state index in [-0.39, 0.29) is 0 Å². The Bertz CT molecular complexity index is 492. The van der Waals surface area contributed by atoms with E-state index in [2.05, 4.69) is 16.7 Å². The Balaban J connectivity index is 2.14. The molecular weight excluding hydrogens is 206 g/mol. The lowest BCUT2D eigenvalue weighted by atomic mass is 10.1. The fourth-order valence-electron chi connectivity index (χ4n) is 1.89. The van der Waals surface area contributed by atoms with E-state index in [4.69, 9.17) is 0 Å². The first-order chi connectivity index (χ1) is 7.34. The van der Waals surface area contributed by atoms with E-state index in [0.717, 1.165) is 10.5 Å². The number of benzene rings is 1. The van der Waals surface area contributed by atoms with Crippen molar-refractivity contribution >= 4 is 11.8 Å². The van der Waals surface area contributed by atoms with Gasteiger partial charge in [-0.15, -0.1) is 0 Å². The summed E-state index contributed by atoms with van der Waals surface area (Å²) in [6, 6.07) is 12.1. The molecule has 0 saturated carbocycles. The highest BCUT2D eigenvalue weighted by atomic mass is 32.2. The molecule has 0 bridgehead atoms. The van der Waals surface area contributed by atoms with Crippen molar-refractivity contribution in [1.82, 2.24) is 4.57 Å². The molecule has 15 heavy (non-hydrogen) atoms. The molecule has 0 radical (unpaired) electrons. The molecule has 76 valence electrons. The van der Waals surface area contributed by atoms with E-state index in [1.807, 2.05) is 30.5 Å². The maximum absolute atomic E-state index is 10.1. The Labute approximate surface area is 92.5 Å². The Hall–Kier alpha value is -1.19. The third-order valence-electron chi connectivity index (χ3n) is 2.65. The number of aliphatic hydroxyl groups is 1. The summed E-state index contributed by atoms with van der Waals surface area (Å²) in [4.78, 5) is 1.16. The second-order valence-corrected chi connectivity index (χ2v) is 4.72. The van der Waals surface area contributed by atoms with Crippen molar-refractivity contribution in [2.75, 3.05) is 0 Å². The second kappa shape index (κ2) is 3.43. The quantitative estimate of drug-likeness (QED) is 0.734. The van der Waals surface area contributed by atoms with E-state index in [9.17, 15) is 5.11 Å². The van der Waals surface area contributed by atoms with Gasteiger partial charge in [-0.05, 0) is 23.8 Å². The fourth-order valence-corrected chi connectivity index (χ4v) is 2.98. The molecule has 1 unspecified atom stereocenters. The molecule has 1 N–H and O–H groups in total. The van der Waals surface area contributed by atoms with Crippen LogP contribution in [0.2, 0.25) is 0 Å². The highest BCUT2D eigenvalue weighted by Gasteiger charge is 2.19. The van der Waals surface area contributed by atoms with Crippen LogP contribution in [-0.2, 0) is 6.54 Å². The number of aromatic nitrogens is 1. The molecule has 0 amide bonds. The minimum absolute atomic E-state index is 0.401. The molecule has 1 aromatic carbocycles. The summed E-state index contributed by atoms with van der Waals surface area (Å²) in [7, 11) is 0. The predicted molar refractivity (Wildman–Crippen MR) is 60.0 cm³/mol. The van der Waals surface area contributed by atoms with Crippen LogP contribution >= 0.6 is 11.8 Å². The number of hydrogen-bond donors (Lipinski definition) is 1. The number of rotatable bonds is 0. The summed E-state index contributed by atoms with van der Waals surface area (Å²) in [5, 5.41) is 11.3. The maximum atomic E-state index is 10.1. The summed E-state index contributed by atoms with van der Waals surface area (Å²) in [5.74, 6) is 0. The van der Waals surface area contributed by atoms with Crippen molar-refractivity contribution in [1.29, 1.82) is 0 Å². The highest BCUT2D eigenvalue weighted by Crippen LogP contribution is 2.37. The summed E-state index contributed by atoms with van der Waals surface area (Å²) < 4.78 is 2.09. The van der Waals surface area contributed by atoms with E-state index < -0.39 is 6.10 Å². The van der Waals surface area contributed by atoms with Crippen LogP contribution in [0.25, 0.3) is 0 Å². The average molecular weight is 217 g/mol. The van der Waals surface area contributed by atoms with Crippen LogP contribution in [-0.4, -0.2) is 9.67 Å². The van der Waals surface area contributed by atoms with Crippen LogP contribution in [0.4, 0.5) is 0 Å². The molecule has 1 atom stereocenters. The summed E-state index contributed by atoms with van der Waals surface area (Å²) >= 11 is 1.72. The minimum atomic E-state index is -0.401. The minimum Gasteiger partial charge on any atom is -0.386 e. The molecule has 0 saturated heterocycles. The monoisotopic (exact) mass is 217 g/mol. The Morgan fingerprint density at radius 3 is 3.00 bits per heavy atom. The lowest BCUT2D eigenvalue weighted by molar-refractivity contribution is 0.152. The number of hydrogen-bond acceptors (Lipinski definition) is 2. The third-order valence-corrected chi connectivity index (χ3v) is 3.82. The Morgan fingerprint density at radius 2 is 2.07 bits per heavy atom. The van der Waals surface area contributed by atoms with Crippen molar-refractivity contribution in [2.24, 2.45) is 0 Å². The van der Waals surface area contributed by atoms with E-state index in [1.54, 1.807) is 11.8 Å². The second-order valence-electron chi connectivity index (χ2n) is 3.65. The van der Waals surface area contributed by atoms with E-state index in [0.29, 0.717) is 6.54 Å². The molecule has 2 aromatic rings. The number of aliphatic hydroxyl groups excluding tert-OH is 1. The van der Waals surface area contributed by atoms with Gasteiger partial charge in [0, 0.05) is 11.1 Å². The molecule has 1 aromatic heterocycles. The molecule has 3 rings (SSSR count). The van der Waals surface area contributed by atoms with Gasteiger partial charge in [0.05, 0.1) is 17.7 Å². The van der Waals surface area contributed by atoms with Gasteiger partial charge in [-0.3, -0.25) is 0 Å². The zero-order valence-corrected chi connectivity index (χ0v) is 8.95. The van der Waals surface area contributed by atoms with Crippen LogP contribution in [0.1, 0.15) is 11.7 Å². The van der Waals surface area contributed by atoms with Gasteiger partial charge in [-0.1, -0.05) is 30.0 Å². The highest BCUT2D eigenvalue weighted by molar-refractivity contribution is 7.99. The zero-order valence-electron chi connectivity index (χ0n) is 8.13. The molecule has 0 spiro atoms. The first-order valence-electron chi connectivity index (χ1n) is 4.94. The third kappa shape index (κ3) is 1.48. The lowest BCUT2D eigenvalue weighted by Gasteiger charge is -2.10. The van der Waals surface area contributed by atoms with Gasteiger partial charge in [0.25, 0.3) is 0 Å². The van der Waals surface area contributed by atoms with Crippen LogP contribution in [0.15, 0.2) is 52.5 Å². The average Bonchev–Trinajstić information content (AvgIpc) is 2.61. The topological polar surface area (TPSA) is 25.2 Å². The largest absolute Gasteiger partial charge is 0.386 e. The summed E-state index contributed by atoms with van der Waals surface area (Å²) in [6.07, 6.45) is 1.61. The van der Waals surface area contributed by atoms with Gasteiger partial charge < -0.3 is 9.67 Å². The molecule has 2 heterocycles. The molecule has 3 heteroatoms. The van der Waals surface area contributed by atoms with Gasteiger partial charge in [-0.2, -0.15) is 0 Å². The van der Waals surface area contributed by atoms with Crippen molar-refractivity contribution in [3.8, 4) is 0 Å². The van der Waals surface area contributed by atoms with Gasteiger partial charge in [0.15, 0.2) is 0 Å². The lowest BCUT2D eigenvalue weighted by Crippen LogP contribution is -2.06. The van der Waals surface area contributed by atoms with Crippen LogP contribution in [0.3, 0.4) is 0 Å². The first-order valence-corrected chi connectivity index (χ1v) is 5.76. The first kappa shape index (κ1) is 9.07. The maximum Gasteiger partial charge on any atom is 0.0980 e. The fraction of sp³-hybridized carbons (Fsp3) is 0.167. The molecular formula is C12H11NOS. The molecule has 2 nitrogen and oxygen atoms in total. The molecule has 1 aliphatic heterocycles. The van der Waals surface area contributed by atoms with E-state index in [1.165, 1.54) is 5.03 Å². The van der Waals surface area contributed by atoms with E-state index >= 15 is 0 Å². The molecule has 0 fully saturated rings. The number of nitrogens with zero attached hydrogens (tertiary/aromatic N) is 1. The van der Waals surface area contributed by atoms with Gasteiger partial charge in [0.2, 0.25) is 0 Å². The summed E-state index contributed by atoms with van der Waals surface area (Å²) in [6.45, 7) is 0.645. The predicted octanol–water partition coefficient (Wildman–Crippen LogP) is 2.69. The van der Waals surface area contributed by atoms with Crippen molar-refractivity contribution in [3.05, 3.63) is 48.2 Å². The van der Waals surface area contributed by atoms with Crippen molar-refractivity contribution in [2.45, 2.75) is 22.6 Å². The number of fused-ring (bicyclic) bond motifs is 2. The smallest absolute Gasteiger partial charge is 0.0980 e. The van der Waals surface area contributed by atoms with Crippen LogP contribution < -0.4 is 0 Å². The van der Waals surface area contributed by atoms with Crippen molar-refractivity contribution in [3.63, 3.8) is 0 Å². The Morgan fingerprint density at radius 1 is 1.20 bits per heavy atom. The van der Waals surface area contributed by atoms with Gasteiger partial charge >= 0.3 is 0 Å². The zero-order chi connectivity index (χ0) is 10.3. The standard InChI is InChI=1S/C12H11NOS/c14-10-8-13-7-3-6-12(13)15-11-5-2-1-4-9(10)11/h1-7,10,14H,8H2.